The van der Waals surface area contributed by atoms with Crippen LogP contribution in [0.4, 0.5) is 0 Å². The number of carbonyl (C=O) groups excluding carboxylic acids is 1. The van der Waals surface area contributed by atoms with Crippen LogP contribution in [0.2, 0.25) is 0 Å². The minimum Gasteiger partial charge on any atom is -0.366 e. The molecule has 4 rings (SSSR count). The van der Waals surface area contributed by atoms with E-state index in [1.165, 1.54) is 0 Å². The number of carbonyl (C=O) groups is 1. The molecule has 0 radical (unpaired) electrons. The summed E-state index contributed by atoms with van der Waals surface area (Å²) in [5.74, 6) is 1.35. The van der Waals surface area contributed by atoms with E-state index >= 15 is 0 Å². The Hall–Kier alpha value is -3.67. The molecule has 0 spiro atoms. The molecule has 0 atom stereocenters. The lowest BCUT2D eigenvalue weighted by Gasteiger charge is -2.33. The van der Waals surface area contributed by atoms with Gasteiger partial charge in [0.05, 0.1) is 6.20 Å². The molecular weight excluding hydrogens is 446 g/mol. The van der Waals surface area contributed by atoms with Crippen LogP contribution in [-0.2, 0) is 6.54 Å². The van der Waals surface area contributed by atoms with E-state index in [9.17, 15) is 4.79 Å². The summed E-state index contributed by atoms with van der Waals surface area (Å²) in [4.78, 5) is 19.2. The van der Waals surface area contributed by atoms with E-state index in [1.54, 1.807) is 6.20 Å². The second-order valence-electron chi connectivity index (χ2n) is 9.03. The first-order valence-electron chi connectivity index (χ1n) is 12.8. The minimum atomic E-state index is 0.124. The maximum atomic E-state index is 13.0. The summed E-state index contributed by atoms with van der Waals surface area (Å²) in [6.07, 6.45) is 9.44. The fourth-order valence-electron chi connectivity index (χ4n) is 4.35. The van der Waals surface area contributed by atoms with Crippen LogP contribution in [0.5, 0.6) is 0 Å². The summed E-state index contributed by atoms with van der Waals surface area (Å²) >= 11 is 0. The van der Waals surface area contributed by atoms with Crippen molar-refractivity contribution in [2.24, 2.45) is 5.92 Å². The van der Waals surface area contributed by atoms with Crippen molar-refractivity contribution in [1.82, 2.24) is 25.0 Å². The predicted octanol–water partition coefficient (Wildman–Crippen LogP) is 5.93. The Labute approximate surface area is 215 Å². The van der Waals surface area contributed by atoms with Crippen molar-refractivity contribution < 1.29 is 4.79 Å². The Morgan fingerprint density at radius 2 is 1.78 bits per heavy atom. The molecule has 1 saturated heterocycles. The number of amides is 1. The summed E-state index contributed by atoms with van der Waals surface area (Å²) in [5, 5.41) is 8.11. The van der Waals surface area contributed by atoms with E-state index in [0.29, 0.717) is 12.5 Å². The number of hydrogen-bond donors (Lipinski definition) is 1. The number of allylic oxidation sites excluding steroid dienone is 2. The van der Waals surface area contributed by atoms with Gasteiger partial charge in [0, 0.05) is 43.3 Å². The number of likely N-dealkylation sites (tertiary alicyclic amines) is 1. The molecule has 1 amide bonds. The number of rotatable bonds is 7. The summed E-state index contributed by atoms with van der Waals surface area (Å²) in [6.45, 7) is 16.7. The Morgan fingerprint density at radius 1 is 1.06 bits per heavy atom. The molecular formula is C30H39N5O. The fourth-order valence-corrected chi connectivity index (χ4v) is 4.35. The van der Waals surface area contributed by atoms with E-state index in [-0.39, 0.29) is 5.91 Å². The molecule has 3 aromatic rings. The van der Waals surface area contributed by atoms with Gasteiger partial charge >= 0.3 is 0 Å². The van der Waals surface area contributed by atoms with E-state index in [1.807, 2.05) is 73.1 Å². The second-order valence-corrected chi connectivity index (χ2v) is 9.03. The number of piperidine rings is 1. The average Bonchev–Trinajstić information content (AvgIpc) is 3.26. The number of hydrogen-bond acceptors (Lipinski definition) is 4. The zero-order valence-electron chi connectivity index (χ0n) is 22.3. The maximum absolute atomic E-state index is 13.0. The van der Waals surface area contributed by atoms with Gasteiger partial charge in [0.1, 0.15) is 5.82 Å². The summed E-state index contributed by atoms with van der Waals surface area (Å²) < 4.78 is 1.94. The van der Waals surface area contributed by atoms with Gasteiger partial charge in [-0.15, -0.1) is 0 Å². The third-order valence-corrected chi connectivity index (χ3v) is 6.68. The van der Waals surface area contributed by atoms with E-state index < -0.39 is 0 Å². The lowest BCUT2D eigenvalue weighted by molar-refractivity contribution is 0.0702. The Balaban J connectivity index is 0.00000176. The van der Waals surface area contributed by atoms with Gasteiger partial charge in [0.15, 0.2) is 0 Å². The quantitative estimate of drug-likeness (QED) is 0.422. The van der Waals surface area contributed by atoms with Crippen LogP contribution >= 0.6 is 0 Å². The minimum absolute atomic E-state index is 0.124. The third kappa shape index (κ3) is 6.51. The summed E-state index contributed by atoms with van der Waals surface area (Å²) in [6, 6.07) is 11.8. The molecule has 0 bridgehead atoms. The molecule has 0 saturated carbocycles. The molecule has 0 unspecified atom stereocenters. The van der Waals surface area contributed by atoms with Gasteiger partial charge in [0.25, 0.3) is 5.91 Å². The number of aromatic nitrogens is 3. The molecule has 36 heavy (non-hydrogen) atoms. The lowest BCUT2D eigenvalue weighted by atomic mass is 9.89. The van der Waals surface area contributed by atoms with Crippen molar-refractivity contribution in [3.63, 3.8) is 0 Å². The molecule has 6 nitrogen and oxygen atoms in total. The van der Waals surface area contributed by atoms with Crippen LogP contribution in [-0.4, -0.2) is 38.7 Å². The Morgan fingerprint density at radius 3 is 2.39 bits per heavy atom. The molecule has 3 heterocycles. The number of pyridine rings is 1. The van der Waals surface area contributed by atoms with Gasteiger partial charge in [-0.05, 0) is 80.0 Å². The molecule has 6 heteroatoms. The zero-order chi connectivity index (χ0) is 26.1. The normalized spacial score (nSPS) is 14.1. The number of nitrogens with one attached hydrogen (secondary N) is 1. The first-order chi connectivity index (χ1) is 17.4. The van der Waals surface area contributed by atoms with Crippen LogP contribution in [0.1, 0.15) is 59.4 Å². The highest BCUT2D eigenvalue weighted by Crippen LogP contribution is 2.27. The molecule has 0 aliphatic carbocycles. The van der Waals surface area contributed by atoms with Gasteiger partial charge < -0.3 is 10.2 Å². The second kappa shape index (κ2) is 12.9. The maximum Gasteiger partial charge on any atom is 0.254 e. The lowest BCUT2D eigenvalue weighted by Crippen LogP contribution is -2.39. The average molecular weight is 486 g/mol. The van der Waals surface area contributed by atoms with Gasteiger partial charge in [-0.1, -0.05) is 44.7 Å². The largest absolute Gasteiger partial charge is 0.366 e. The molecule has 1 fully saturated rings. The first kappa shape index (κ1) is 26.9. The van der Waals surface area contributed by atoms with Gasteiger partial charge in [0.2, 0.25) is 0 Å². The van der Waals surface area contributed by atoms with Crippen molar-refractivity contribution in [2.45, 2.75) is 54.0 Å². The fraction of sp³-hybridized carbons (Fsp3) is 0.367. The molecule has 190 valence electrons. The Kier molecular flexibility index (Phi) is 9.62. The number of nitrogens with zero attached hydrogens (tertiary/aromatic N) is 4. The smallest absolute Gasteiger partial charge is 0.254 e. The monoisotopic (exact) mass is 485 g/mol. The molecule has 1 N–H and O–H groups in total. The van der Waals surface area contributed by atoms with Crippen molar-refractivity contribution in [1.29, 1.82) is 0 Å². The van der Waals surface area contributed by atoms with Crippen molar-refractivity contribution >= 4 is 11.7 Å². The standard InChI is InChI=1S/C28H33N5O.C2H6/c1-20-8-5-6-10-26(20)28(34)32-14-11-25(12-15-32)21(2)16-27(33-23(4)22(3)17-31-33)30-19-24-9-7-13-29-18-24;1-2/h5-10,13,16-18,25,30H,2,11-12,14-15,19H2,1,3-4H3;1-2H3/b27-16-;. The highest BCUT2D eigenvalue weighted by molar-refractivity contribution is 5.95. The van der Waals surface area contributed by atoms with Crippen LogP contribution in [0.3, 0.4) is 0 Å². The zero-order valence-corrected chi connectivity index (χ0v) is 22.3. The molecule has 1 aromatic carbocycles. The number of aryl methyl sites for hydroxylation is 2. The van der Waals surface area contributed by atoms with Gasteiger partial charge in [-0.3, -0.25) is 9.78 Å². The molecule has 1 aliphatic heterocycles. The van der Waals surface area contributed by atoms with Gasteiger partial charge in [-0.2, -0.15) is 5.10 Å². The van der Waals surface area contributed by atoms with Crippen LogP contribution in [0, 0.1) is 26.7 Å². The van der Waals surface area contributed by atoms with E-state index in [0.717, 1.165) is 65.3 Å². The first-order valence-corrected chi connectivity index (χ1v) is 12.8. The van der Waals surface area contributed by atoms with Crippen LogP contribution in [0.25, 0.3) is 5.82 Å². The Bertz CT molecular complexity index is 1190. The van der Waals surface area contributed by atoms with Crippen LogP contribution in [0.15, 0.2) is 73.2 Å². The van der Waals surface area contributed by atoms with Crippen molar-refractivity contribution in [3.05, 3.63) is 101 Å². The van der Waals surface area contributed by atoms with E-state index in [2.05, 4.69) is 48.0 Å². The molecule has 2 aromatic heterocycles. The summed E-state index contributed by atoms with van der Waals surface area (Å²) in [5.41, 5.74) is 6.22. The van der Waals surface area contributed by atoms with Crippen LogP contribution < -0.4 is 5.32 Å². The summed E-state index contributed by atoms with van der Waals surface area (Å²) in [7, 11) is 0. The van der Waals surface area contributed by atoms with Crippen molar-refractivity contribution in [2.75, 3.05) is 13.1 Å². The predicted molar refractivity (Wildman–Crippen MR) is 147 cm³/mol. The van der Waals surface area contributed by atoms with Crippen molar-refractivity contribution in [3.8, 4) is 0 Å². The highest BCUT2D eigenvalue weighted by atomic mass is 16.2. The highest BCUT2D eigenvalue weighted by Gasteiger charge is 2.25. The van der Waals surface area contributed by atoms with Gasteiger partial charge in [-0.25, -0.2) is 4.68 Å². The third-order valence-electron chi connectivity index (χ3n) is 6.68. The molecule has 1 aliphatic rings. The van der Waals surface area contributed by atoms with E-state index in [4.69, 9.17) is 0 Å². The number of benzene rings is 1. The topological polar surface area (TPSA) is 63.1 Å². The SMILES string of the molecule is C=C(/C=C(/NCc1cccnc1)n1ncc(C)c1C)C1CCN(C(=O)c2ccccc2C)CC1.CC.